The van der Waals surface area contributed by atoms with Crippen LogP contribution in [0.4, 0.5) is 0 Å². The first kappa shape index (κ1) is 12.1. The summed E-state index contributed by atoms with van der Waals surface area (Å²) < 4.78 is 26.8. The second-order valence-corrected chi connectivity index (χ2v) is 5.88. The Hall–Kier alpha value is 0.0700. The quantitative estimate of drug-likeness (QED) is 0.737. The molecule has 1 fully saturated rings. The molecule has 1 saturated heterocycles. The van der Waals surface area contributed by atoms with Gasteiger partial charge >= 0.3 is 7.82 Å². The zero-order valence-electron chi connectivity index (χ0n) is 8.73. The summed E-state index contributed by atoms with van der Waals surface area (Å²) >= 11 is 0. The third-order valence-corrected chi connectivity index (χ3v) is 3.30. The summed E-state index contributed by atoms with van der Waals surface area (Å²) in [5, 5.41) is 8.73. The monoisotopic (exact) mass is 224 g/mol. The van der Waals surface area contributed by atoms with Crippen LogP contribution in [0, 0.1) is 5.41 Å². The summed E-state index contributed by atoms with van der Waals surface area (Å²) in [5.74, 6) is 0. The van der Waals surface area contributed by atoms with Crippen LogP contribution in [0.2, 0.25) is 0 Å². The highest BCUT2D eigenvalue weighted by atomic mass is 31.2. The first-order valence-corrected chi connectivity index (χ1v) is 6.01. The number of hydrogen-bond donors (Lipinski definition) is 1. The van der Waals surface area contributed by atoms with Crippen molar-refractivity contribution in [2.75, 3.05) is 19.8 Å². The van der Waals surface area contributed by atoms with Gasteiger partial charge in [0, 0.05) is 5.41 Å². The van der Waals surface area contributed by atoms with Crippen molar-refractivity contribution in [1.82, 2.24) is 0 Å². The number of hydrogen-bond acceptors (Lipinski definition) is 5. The van der Waals surface area contributed by atoms with Gasteiger partial charge in [0.2, 0.25) is 0 Å². The van der Waals surface area contributed by atoms with Gasteiger partial charge < -0.3 is 5.11 Å². The van der Waals surface area contributed by atoms with Gasteiger partial charge in [-0.25, -0.2) is 4.57 Å². The van der Waals surface area contributed by atoms with Gasteiger partial charge in [0.1, 0.15) is 0 Å². The van der Waals surface area contributed by atoms with Crippen LogP contribution in [0.25, 0.3) is 0 Å². The molecule has 0 aromatic rings. The Kier molecular flexibility index (Phi) is 3.72. The summed E-state index contributed by atoms with van der Waals surface area (Å²) in [6, 6.07) is 0. The lowest BCUT2D eigenvalue weighted by atomic mass is 9.97. The Labute approximate surface area is 84.0 Å². The van der Waals surface area contributed by atoms with Gasteiger partial charge in [-0.15, -0.1) is 0 Å². The fourth-order valence-corrected chi connectivity index (χ4v) is 2.62. The second-order valence-electron chi connectivity index (χ2n) is 4.26. The lowest BCUT2D eigenvalue weighted by Crippen LogP contribution is -2.30. The van der Waals surface area contributed by atoms with Crippen LogP contribution >= 0.6 is 7.82 Å². The van der Waals surface area contributed by atoms with E-state index >= 15 is 0 Å². The molecule has 1 unspecified atom stereocenters. The molecule has 0 radical (unpaired) electrons. The standard InChI is InChI=1S/C8H17O5P/c1-7(4-9)13-14(10)11-5-8(2,3)6-12-14/h7,9H,4-6H2,1-3H3. The van der Waals surface area contributed by atoms with Gasteiger partial charge in [-0.1, -0.05) is 13.8 Å². The fourth-order valence-electron chi connectivity index (χ4n) is 0.901. The number of phosphoric ester groups is 1. The van der Waals surface area contributed by atoms with Gasteiger partial charge in [-0.05, 0) is 6.92 Å². The summed E-state index contributed by atoms with van der Waals surface area (Å²) in [5.41, 5.74) is -0.139. The SMILES string of the molecule is CC(CO)OP1(=O)OCC(C)(C)CO1. The average molecular weight is 224 g/mol. The predicted octanol–water partition coefficient (Wildman–Crippen LogP) is 1.56. The van der Waals surface area contributed by atoms with Crippen molar-refractivity contribution >= 4 is 7.82 Å². The van der Waals surface area contributed by atoms with Gasteiger partial charge in [0.05, 0.1) is 25.9 Å². The Balaban J connectivity index is 2.50. The minimum atomic E-state index is -3.43. The molecule has 1 aliphatic rings. The molecule has 84 valence electrons. The molecule has 1 atom stereocenters. The molecule has 1 aliphatic heterocycles. The number of rotatable bonds is 3. The van der Waals surface area contributed by atoms with Crippen LogP contribution in [0.1, 0.15) is 20.8 Å². The highest BCUT2D eigenvalue weighted by molar-refractivity contribution is 7.48. The van der Waals surface area contributed by atoms with Crippen molar-refractivity contribution in [3.05, 3.63) is 0 Å². The largest absolute Gasteiger partial charge is 0.475 e. The molecule has 1 heterocycles. The van der Waals surface area contributed by atoms with E-state index < -0.39 is 13.9 Å². The molecular formula is C8H17O5P. The molecule has 5 nitrogen and oxygen atoms in total. The summed E-state index contributed by atoms with van der Waals surface area (Å²) in [4.78, 5) is 0. The molecule has 0 aliphatic carbocycles. The van der Waals surface area contributed by atoms with E-state index in [0.29, 0.717) is 13.2 Å². The maximum absolute atomic E-state index is 11.7. The number of phosphoric acid groups is 1. The van der Waals surface area contributed by atoms with Crippen LogP contribution in [-0.4, -0.2) is 31.0 Å². The molecule has 1 rings (SSSR count). The van der Waals surface area contributed by atoms with Crippen LogP contribution in [0.5, 0.6) is 0 Å². The lowest BCUT2D eigenvalue weighted by Gasteiger charge is -2.33. The van der Waals surface area contributed by atoms with Gasteiger partial charge in [0.25, 0.3) is 0 Å². The van der Waals surface area contributed by atoms with E-state index in [0.717, 1.165) is 0 Å². The summed E-state index contributed by atoms with van der Waals surface area (Å²) in [6.45, 7) is 5.97. The molecular weight excluding hydrogens is 207 g/mol. The van der Waals surface area contributed by atoms with E-state index in [1.54, 1.807) is 6.92 Å². The van der Waals surface area contributed by atoms with E-state index in [1.807, 2.05) is 13.8 Å². The predicted molar refractivity (Wildman–Crippen MR) is 50.9 cm³/mol. The maximum Gasteiger partial charge on any atom is 0.475 e. The van der Waals surface area contributed by atoms with Crippen molar-refractivity contribution in [3.63, 3.8) is 0 Å². The first-order chi connectivity index (χ1) is 6.37. The van der Waals surface area contributed by atoms with Gasteiger partial charge in [-0.2, -0.15) is 0 Å². The second kappa shape index (κ2) is 4.29. The van der Waals surface area contributed by atoms with E-state index in [2.05, 4.69) is 0 Å². The Morgan fingerprint density at radius 2 is 2.00 bits per heavy atom. The third-order valence-electron chi connectivity index (χ3n) is 1.79. The third kappa shape index (κ3) is 3.33. The van der Waals surface area contributed by atoms with Crippen molar-refractivity contribution < 1.29 is 23.2 Å². The molecule has 0 aromatic heterocycles. The highest BCUT2D eigenvalue weighted by Crippen LogP contribution is 2.55. The van der Waals surface area contributed by atoms with E-state index in [9.17, 15) is 4.57 Å². The minimum Gasteiger partial charge on any atom is -0.394 e. The van der Waals surface area contributed by atoms with E-state index in [1.165, 1.54) is 0 Å². The Morgan fingerprint density at radius 3 is 2.43 bits per heavy atom. The lowest BCUT2D eigenvalue weighted by molar-refractivity contribution is -0.0167. The van der Waals surface area contributed by atoms with Gasteiger partial charge in [-0.3, -0.25) is 13.6 Å². The fraction of sp³-hybridized carbons (Fsp3) is 1.00. The Bertz CT molecular complexity index is 226. The molecule has 1 N–H and O–H groups in total. The zero-order chi connectivity index (χ0) is 10.8. The van der Waals surface area contributed by atoms with Crippen molar-refractivity contribution in [2.24, 2.45) is 5.41 Å². The van der Waals surface area contributed by atoms with E-state index in [4.69, 9.17) is 18.7 Å². The topological polar surface area (TPSA) is 65.0 Å². The molecule has 6 heteroatoms. The average Bonchev–Trinajstić information content (AvgIpc) is 2.11. The molecule has 0 saturated carbocycles. The van der Waals surface area contributed by atoms with Crippen LogP contribution in [0.3, 0.4) is 0 Å². The normalized spacial score (nSPS) is 27.1. The molecule has 0 bridgehead atoms. The number of aliphatic hydroxyl groups is 1. The van der Waals surface area contributed by atoms with Crippen molar-refractivity contribution in [2.45, 2.75) is 26.9 Å². The highest BCUT2D eigenvalue weighted by Gasteiger charge is 2.39. The first-order valence-electron chi connectivity index (χ1n) is 4.55. The molecule has 0 aromatic carbocycles. The van der Waals surface area contributed by atoms with Crippen molar-refractivity contribution in [1.29, 1.82) is 0 Å². The number of aliphatic hydroxyl groups excluding tert-OH is 1. The van der Waals surface area contributed by atoms with E-state index in [-0.39, 0.29) is 12.0 Å². The zero-order valence-corrected chi connectivity index (χ0v) is 9.62. The Morgan fingerprint density at radius 1 is 1.50 bits per heavy atom. The summed E-state index contributed by atoms with van der Waals surface area (Å²) in [7, 11) is -3.43. The van der Waals surface area contributed by atoms with Crippen LogP contribution in [0.15, 0.2) is 0 Å². The minimum absolute atomic E-state index is 0.139. The smallest absolute Gasteiger partial charge is 0.394 e. The maximum atomic E-state index is 11.7. The molecule has 0 spiro atoms. The van der Waals surface area contributed by atoms with Crippen LogP contribution < -0.4 is 0 Å². The van der Waals surface area contributed by atoms with Crippen LogP contribution in [-0.2, 0) is 18.1 Å². The van der Waals surface area contributed by atoms with Crippen molar-refractivity contribution in [3.8, 4) is 0 Å². The molecule has 0 amide bonds. The molecule has 14 heavy (non-hydrogen) atoms. The van der Waals surface area contributed by atoms with Gasteiger partial charge in [0.15, 0.2) is 0 Å². The summed E-state index contributed by atoms with van der Waals surface area (Å²) in [6.07, 6.45) is -0.540.